The Hall–Kier alpha value is -2.58. The molecule has 0 fully saturated rings. The molecule has 0 saturated heterocycles. The van der Waals surface area contributed by atoms with Crippen LogP contribution in [0.25, 0.3) is 0 Å². The molecule has 0 spiro atoms. The number of nitrogens with one attached hydrogen (secondary N) is 1. The summed E-state index contributed by atoms with van der Waals surface area (Å²) in [7, 11) is 1.85. The van der Waals surface area contributed by atoms with E-state index in [1.165, 1.54) is 11.8 Å². The summed E-state index contributed by atoms with van der Waals surface area (Å²) < 4.78 is 7.65. The second-order valence-corrected chi connectivity index (χ2v) is 7.55. The normalized spacial score (nSPS) is 10.7. The minimum absolute atomic E-state index is 0.176. The first kappa shape index (κ1) is 20.2. The predicted octanol–water partition coefficient (Wildman–Crippen LogP) is 3.79. The third-order valence-electron chi connectivity index (χ3n) is 3.85. The SMILES string of the molecule is Cc1cc(C)cc(OCc2nnc(SCC(=O)Nc3cccnc3Cl)n2C)c1. The Bertz CT molecular complexity index is 972. The molecule has 0 saturated carbocycles. The van der Waals surface area contributed by atoms with Gasteiger partial charge in [0.25, 0.3) is 0 Å². The van der Waals surface area contributed by atoms with Gasteiger partial charge in [0.1, 0.15) is 12.4 Å². The molecule has 9 heteroatoms. The first-order valence-corrected chi connectivity index (χ1v) is 9.91. The van der Waals surface area contributed by atoms with Gasteiger partial charge in [-0.3, -0.25) is 4.79 Å². The van der Waals surface area contributed by atoms with E-state index in [0.29, 0.717) is 23.3 Å². The number of carbonyl (C=O) groups is 1. The highest BCUT2D eigenvalue weighted by molar-refractivity contribution is 7.99. The van der Waals surface area contributed by atoms with Crippen molar-refractivity contribution in [3.8, 4) is 5.75 Å². The molecule has 2 heterocycles. The van der Waals surface area contributed by atoms with Gasteiger partial charge >= 0.3 is 0 Å². The van der Waals surface area contributed by atoms with Gasteiger partial charge in [-0.2, -0.15) is 0 Å². The van der Waals surface area contributed by atoms with Crippen LogP contribution in [-0.4, -0.2) is 31.4 Å². The summed E-state index contributed by atoms with van der Waals surface area (Å²) in [4.78, 5) is 16.1. The maximum absolute atomic E-state index is 12.1. The first-order valence-electron chi connectivity index (χ1n) is 8.55. The second kappa shape index (κ2) is 9.07. The lowest BCUT2D eigenvalue weighted by molar-refractivity contribution is -0.113. The Labute approximate surface area is 172 Å². The fraction of sp³-hybridized carbons (Fsp3) is 0.263. The van der Waals surface area contributed by atoms with E-state index in [4.69, 9.17) is 16.3 Å². The molecule has 1 amide bonds. The van der Waals surface area contributed by atoms with Crippen LogP contribution in [0, 0.1) is 13.8 Å². The lowest BCUT2D eigenvalue weighted by Gasteiger charge is -2.08. The molecule has 0 unspecified atom stereocenters. The van der Waals surface area contributed by atoms with Crippen molar-refractivity contribution in [3.05, 3.63) is 58.6 Å². The van der Waals surface area contributed by atoms with Gasteiger partial charge in [0.05, 0.1) is 11.4 Å². The number of hydrogen-bond acceptors (Lipinski definition) is 6. The summed E-state index contributed by atoms with van der Waals surface area (Å²) in [6.45, 7) is 4.35. The van der Waals surface area contributed by atoms with E-state index in [2.05, 4.69) is 26.6 Å². The van der Waals surface area contributed by atoms with Crippen LogP contribution < -0.4 is 10.1 Å². The molecule has 7 nitrogen and oxygen atoms in total. The molecule has 2 aromatic heterocycles. The molecule has 0 aliphatic rings. The average Bonchev–Trinajstić information content (AvgIpc) is 2.99. The highest BCUT2D eigenvalue weighted by atomic mass is 35.5. The van der Waals surface area contributed by atoms with Crippen LogP contribution in [0.5, 0.6) is 5.75 Å². The molecule has 1 aromatic carbocycles. The minimum atomic E-state index is -0.198. The molecule has 0 radical (unpaired) electrons. The molecular weight excluding hydrogens is 398 g/mol. The van der Waals surface area contributed by atoms with Crippen LogP contribution in [0.2, 0.25) is 5.15 Å². The Kier molecular flexibility index (Phi) is 6.53. The number of nitrogens with zero attached hydrogens (tertiary/aromatic N) is 4. The van der Waals surface area contributed by atoms with E-state index in [9.17, 15) is 4.79 Å². The Morgan fingerprint density at radius 2 is 2.00 bits per heavy atom. The fourth-order valence-corrected chi connectivity index (χ4v) is 3.45. The summed E-state index contributed by atoms with van der Waals surface area (Å²) in [6, 6.07) is 9.45. The number of carbonyl (C=O) groups excluding carboxylic acids is 1. The van der Waals surface area contributed by atoms with Crippen LogP contribution in [0.4, 0.5) is 5.69 Å². The maximum atomic E-state index is 12.1. The molecular formula is C19H20ClN5O2S. The zero-order valence-corrected chi connectivity index (χ0v) is 17.3. The number of rotatable bonds is 7. The molecule has 0 atom stereocenters. The lowest BCUT2D eigenvalue weighted by atomic mass is 10.1. The number of pyridine rings is 1. The van der Waals surface area contributed by atoms with Gasteiger partial charge in [-0.1, -0.05) is 29.4 Å². The van der Waals surface area contributed by atoms with Gasteiger partial charge in [0.2, 0.25) is 5.91 Å². The number of benzene rings is 1. The van der Waals surface area contributed by atoms with Gasteiger partial charge in [-0.15, -0.1) is 10.2 Å². The number of halogens is 1. The Morgan fingerprint density at radius 1 is 1.25 bits per heavy atom. The van der Waals surface area contributed by atoms with Crippen LogP contribution >= 0.6 is 23.4 Å². The van der Waals surface area contributed by atoms with Gasteiger partial charge in [0, 0.05) is 13.2 Å². The van der Waals surface area contributed by atoms with E-state index >= 15 is 0 Å². The number of aryl methyl sites for hydroxylation is 2. The van der Waals surface area contributed by atoms with Crippen molar-refractivity contribution in [1.29, 1.82) is 0 Å². The lowest BCUT2D eigenvalue weighted by Crippen LogP contribution is -2.15. The number of anilines is 1. The number of hydrogen-bond donors (Lipinski definition) is 1. The minimum Gasteiger partial charge on any atom is -0.486 e. The quantitative estimate of drug-likeness (QED) is 0.465. The highest BCUT2D eigenvalue weighted by Crippen LogP contribution is 2.21. The third-order valence-corrected chi connectivity index (χ3v) is 5.18. The molecule has 1 N–H and O–H groups in total. The summed E-state index contributed by atoms with van der Waals surface area (Å²) in [5, 5.41) is 11.9. The van der Waals surface area contributed by atoms with E-state index in [0.717, 1.165) is 16.9 Å². The van der Waals surface area contributed by atoms with Crippen molar-refractivity contribution in [2.24, 2.45) is 7.05 Å². The van der Waals surface area contributed by atoms with Gasteiger partial charge < -0.3 is 14.6 Å². The monoisotopic (exact) mass is 417 g/mol. The Balaban J connectivity index is 1.55. The molecule has 0 bridgehead atoms. The van der Waals surface area contributed by atoms with Crippen molar-refractivity contribution in [1.82, 2.24) is 19.7 Å². The predicted molar refractivity (Wildman–Crippen MR) is 110 cm³/mol. The van der Waals surface area contributed by atoms with Crippen molar-refractivity contribution < 1.29 is 9.53 Å². The number of amides is 1. The zero-order valence-electron chi connectivity index (χ0n) is 15.8. The Morgan fingerprint density at radius 3 is 2.71 bits per heavy atom. The summed E-state index contributed by atoms with van der Waals surface area (Å²) in [6.07, 6.45) is 1.56. The number of aromatic nitrogens is 4. The topological polar surface area (TPSA) is 81.9 Å². The third kappa shape index (κ3) is 5.24. The highest BCUT2D eigenvalue weighted by Gasteiger charge is 2.13. The van der Waals surface area contributed by atoms with E-state index in [1.54, 1.807) is 18.3 Å². The summed E-state index contributed by atoms with van der Waals surface area (Å²) >= 11 is 7.23. The molecule has 0 aliphatic heterocycles. The van der Waals surface area contributed by atoms with Gasteiger partial charge in [-0.05, 0) is 49.2 Å². The van der Waals surface area contributed by atoms with Gasteiger partial charge in [-0.25, -0.2) is 4.98 Å². The molecule has 0 aliphatic carbocycles. The molecule has 3 rings (SSSR count). The van der Waals surface area contributed by atoms with Crippen molar-refractivity contribution >= 4 is 35.0 Å². The average molecular weight is 418 g/mol. The fourth-order valence-electron chi connectivity index (χ4n) is 2.56. The molecule has 28 heavy (non-hydrogen) atoms. The van der Waals surface area contributed by atoms with E-state index in [1.807, 2.05) is 37.6 Å². The standard InChI is InChI=1S/C19H20ClN5O2S/c1-12-7-13(2)9-14(8-12)27-10-16-23-24-19(25(16)3)28-11-17(26)22-15-5-4-6-21-18(15)20/h4-9H,10-11H2,1-3H3,(H,22,26). The number of thioether (sulfide) groups is 1. The zero-order chi connectivity index (χ0) is 20.1. The van der Waals surface area contributed by atoms with E-state index in [-0.39, 0.29) is 16.8 Å². The van der Waals surface area contributed by atoms with Crippen LogP contribution in [0.3, 0.4) is 0 Å². The molecule has 3 aromatic rings. The smallest absolute Gasteiger partial charge is 0.234 e. The van der Waals surface area contributed by atoms with Crippen molar-refractivity contribution in [3.63, 3.8) is 0 Å². The van der Waals surface area contributed by atoms with E-state index < -0.39 is 0 Å². The second-order valence-electron chi connectivity index (χ2n) is 6.25. The number of ether oxygens (including phenoxy) is 1. The first-order chi connectivity index (χ1) is 13.4. The van der Waals surface area contributed by atoms with Crippen molar-refractivity contribution in [2.45, 2.75) is 25.6 Å². The van der Waals surface area contributed by atoms with Crippen LogP contribution in [0.1, 0.15) is 17.0 Å². The van der Waals surface area contributed by atoms with Gasteiger partial charge in [0.15, 0.2) is 16.1 Å². The summed E-state index contributed by atoms with van der Waals surface area (Å²) in [5.74, 6) is 1.45. The van der Waals surface area contributed by atoms with Crippen LogP contribution in [0.15, 0.2) is 41.7 Å². The van der Waals surface area contributed by atoms with Crippen LogP contribution in [-0.2, 0) is 18.4 Å². The van der Waals surface area contributed by atoms with Crippen molar-refractivity contribution in [2.75, 3.05) is 11.1 Å². The summed E-state index contributed by atoms with van der Waals surface area (Å²) in [5.41, 5.74) is 2.77. The maximum Gasteiger partial charge on any atom is 0.234 e. The molecule has 146 valence electrons. The largest absolute Gasteiger partial charge is 0.486 e.